The molecule has 10 atom stereocenters. The molecule has 0 aromatic heterocycles. The minimum Gasteiger partial charge on any atom is -0.462 e. The van der Waals surface area contributed by atoms with Crippen LogP contribution in [-0.2, 0) is 28.6 Å². The third-order valence-electron chi connectivity index (χ3n) is 12.1. The fourth-order valence-electron chi connectivity index (χ4n) is 9.23. The van der Waals surface area contributed by atoms with Crippen LogP contribution in [-0.4, -0.2) is 72.0 Å². The zero-order chi connectivity index (χ0) is 30.5. The molecule has 5 fully saturated rings. The molecule has 4 heterocycles. The maximum Gasteiger partial charge on any atom is 0.334 e. The van der Waals surface area contributed by atoms with Crippen LogP contribution in [0.25, 0.3) is 0 Å². The van der Waals surface area contributed by atoms with Crippen molar-refractivity contribution < 1.29 is 33.9 Å². The fourth-order valence-corrected chi connectivity index (χ4v) is 9.23. The van der Waals surface area contributed by atoms with E-state index in [4.69, 9.17) is 19.9 Å². The predicted molar refractivity (Wildman–Crippen MR) is 160 cm³/mol. The van der Waals surface area contributed by atoms with Crippen molar-refractivity contribution in [2.45, 2.75) is 115 Å². The molecule has 4 aliphatic heterocycles. The van der Waals surface area contributed by atoms with Gasteiger partial charge in [0.1, 0.15) is 23.5 Å². The van der Waals surface area contributed by atoms with Crippen molar-refractivity contribution in [3.05, 3.63) is 23.8 Å². The van der Waals surface area contributed by atoms with Crippen LogP contribution < -0.4 is 11.1 Å². The van der Waals surface area contributed by atoms with Gasteiger partial charge >= 0.3 is 11.9 Å². The standard InChI is InChI=1S/C34H51N3O6/c1-5-20(3)32(40)43-33(4)11-7-8-26(25-14-29(35)36-17-24(25)13-30(38)37-18-21(6-2)19-37)34(33)16-23-12-22-9-10-31(39)41-27(22)15-28(23)42-34/h5,7-8,21-29,36H,6,9-19,35H2,1-4H3/p+1. The van der Waals surface area contributed by atoms with Crippen molar-refractivity contribution in [1.82, 2.24) is 4.90 Å². The Labute approximate surface area is 256 Å². The number of esters is 2. The van der Waals surface area contributed by atoms with Crippen LogP contribution in [0.3, 0.4) is 0 Å². The van der Waals surface area contributed by atoms with Gasteiger partial charge in [0.2, 0.25) is 5.91 Å². The minimum absolute atomic E-state index is 0.0535. The van der Waals surface area contributed by atoms with Crippen molar-refractivity contribution in [3.63, 3.8) is 0 Å². The number of quaternary nitrogens is 1. The molecule has 4 N–H and O–H groups in total. The lowest BCUT2D eigenvalue weighted by molar-refractivity contribution is -0.706. The van der Waals surface area contributed by atoms with Crippen LogP contribution >= 0.6 is 0 Å². The summed E-state index contributed by atoms with van der Waals surface area (Å²) in [5.41, 5.74) is 5.53. The van der Waals surface area contributed by atoms with Gasteiger partial charge < -0.3 is 24.4 Å². The van der Waals surface area contributed by atoms with E-state index < -0.39 is 11.2 Å². The molecule has 1 amide bonds. The zero-order valence-corrected chi connectivity index (χ0v) is 26.5. The quantitative estimate of drug-likeness (QED) is 0.274. The Morgan fingerprint density at radius 3 is 2.74 bits per heavy atom. The van der Waals surface area contributed by atoms with Crippen molar-refractivity contribution >= 4 is 17.8 Å². The number of allylic oxidation sites excluding steroid dienone is 1. The average molecular weight is 599 g/mol. The number of likely N-dealkylation sites (tertiary alicyclic amines) is 1. The molecule has 1 spiro atoms. The molecule has 43 heavy (non-hydrogen) atoms. The minimum atomic E-state index is -0.890. The number of carbonyl (C=O) groups excluding carboxylic acids is 3. The first-order valence-corrected chi connectivity index (χ1v) is 16.8. The number of nitrogens with zero attached hydrogens (tertiary/aromatic N) is 1. The van der Waals surface area contributed by atoms with E-state index in [1.165, 1.54) is 0 Å². The summed E-state index contributed by atoms with van der Waals surface area (Å²) in [5, 5.41) is 2.18. The summed E-state index contributed by atoms with van der Waals surface area (Å²) >= 11 is 0. The highest BCUT2D eigenvalue weighted by Gasteiger charge is 2.66. The van der Waals surface area contributed by atoms with E-state index in [9.17, 15) is 14.4 Å². The third kappa shape index (κ3) is 5.59. The van der Waals surface area contributed by atoms with E-state index in [0.29, 0.717) is 49.0 Å². The van der Waals surface area contributed by atoms with E-state index in [1.54, 1.807) is 13.0 Å². The Morgan fingerprint density at radius 2 is 2.00 bits per heavy atom. The Balaban J connectivity index is 1.32. The number of amides is 1. The lowest BCUT2D eigenvalue weighted by atomic mass is 9.58. The molecular weight excluding hydrogens is 546 g/mol. The Kier molecular flexibility index (Phi) is 8.54. The second-order valence-corrected chi connectivity index (χ2v) is 14.6. The smallest absolute Gasteiger partial charge is 0.334 e. The van der Waals surface area contributed by atoms with Gasteiger partial charge in [-0.1, -0.05) is 25.2 Å². The molecule has 0 radical (unpaired) electrons. The maximum absolute atomic E-state index is 13.4. The molecule has 0 aromatic rings. The zero-order valence-electron chi connectivity index (χ0n) is 26.5. The van der Waals surface area contributed by atoms with Crippen molar-refractivity contribution in [2.24, 2.45) is 41.2 Å². The molecule has 4 saturated heterocycles. The van der Waals surface area contributed by atoms with Crippen molar-refractivity contribution in [3.8, 4) is 0 Å². The molecular formula is C34H52N3O6+. The van der Waals surface area contributed by atoms with Crippen LogP contribution in [0.15, 0.2) is 23.8 Å². The highest BCUT2D eigenvalue weighted by Crippen LogP contribution is 2.59. The number of nitrogens with two attached hydrogens (primary N) is 2. The summed E-state index contributed by atoms with van der Waals surface area (Å²) in [4.78, 5) is 41.0. The second-order valence-electron chi connectivity index (χ2n) is 14.6. The van der Waals surface area contributed by atoms with Gasteiger partial charge in [-0.2, -0.15) is 0 Å². The van der Waals surface area contributed by atoms with Gasteiger partial charge in [-0.05, 0) is 70.1 Å². The van der Waals surface area contributed by atoms with Crippen LogP contribution in [0.1, 0.15) is 85.5 Å². The number of ether oxygens (including phenoxy) is 3. The van der Waals surface area contributed by atoms with Crippen molar-refractivity contribution in [1.29, 1.82) is 0 Å². The molecule has 9 nitrogen and oxygen atoms in total. The SMILES string of the molecule is CC=C(C)C(=O)OC1(C)CC=CC(C2CC(N)[NH2+]CC2CC(=O)N2CC(CC)C2)C12CC1CC3CCC(=O)OC3CC1O2. The monoisotopic (exact) mass is 598 g/mol. The lowest BCUT2D eigenvalue weighted by Crippen LogP contribution is -2.96. The molecule has 0 bridgehead atoms. The van der Waals surface area contributed by atoms with Crippen LogP contribution in [0, 0.1) is 35.5 Å². The van der Waals surface area contributed by atoms with E-state index in [0.717, 1.165) is 51.7 Å². The summed E-state index contributed by atoms with van der Waals surface area (Å²) in [7, 11) is 0. The van der Waals surface area contributed by atoms with E-state index in [-0.39, 0.29) is 54.0 Å². The molecule has 238 valence electrons. The third-order valence-corrected chi connectivity index (χ3v) is 12.1. The summed E-state index contributed by atoms with van der Waals surface area (Å²) in [5.74, 6) is 1.27. The molecule has 6 rings (SSSR count). The van der Waals surface area contributed by atoms with Gasteiger partial charge in [0.15, 0.2) is 0 Å². The summed E-state index contributed by atoms with van der Waals surface area (Å²) < 4.78 is 19.6. The highest BCUT2D eigenvalue weighted by atomic mass is 16.6. The predicted octanol–water partition coefficient (Wildman–Crippen LogP) is 2.83. The van der Waals surface area contributed by atoms with Gasteiger partial charge in [0.05, 0.1) is 12.6 Å². The molecule has 0 aromatic carbocycles. The van der Waals surface area contributed by atoms with Gasteiger partial charge in [0.25, 0.3) is 0 Å². The van der Waals surface area contributed by atoms with Gasteiger partial charge in [-0.15, -0.1) is 0 Å². The van der Waals surface area contributed by atoms with Gasteiger partial charge in [0, 0.05) is 62.6 Å². The van der Waals surface area contributed by atoms with E-state index in [1.807, 2.05) is 11.8 Å². The van der Waals surface area contributed by atoms with Crippen LogP contribution in [0.4, 0.5) is 0 Å². The number of rotatable bonds is 6. The Hall–Kier alpha value is -2.23. The van der Waals surface area contributed by atoms with Crippen LogP contribution in [0.5, 0.6) is 0 Å². The first-order chi connectivity index (χ1) is 20.6. The highest BCUT2D eigenvalue weighted by molar-refractivity contribution is 5.88. The van der Waals surface area contributed by atoms with Crippen molar-refractivity contribution in [2.75, 3.05) is 19.6 Å². The normalized spacial score (nSPS) is 43.0. The average Bonchev–Trinajstić information content (AvgIpc) is 3.32. The summed E-state index contributed by atoms with van der Waals surface area (Å²) in [6.45, 7) is 10.4. The maximum atomic E-state index is 13.4. The lowest BCUT2D eigenvalue weighted by Gasteiger charge is -2.54. The molecule has 6 aliphatic rings. The first-order valence-electron chi connectivity index (χ1n) is 16.8. The molecule has 9 heteroatoms. The largest absolute Gasteiger partial charge is 0.462 e. The summed E-state index contributed by atoms with van der Waals surface area (Å²) in [6, 6.07) is 0. The van der Waals surface area contributed by atoms with Gasteiger partial charge in [-0.3, -0.25) is 15.3 Å². The number of hydrogen-bond acceptors (Lipinski definition) is 7. The number of hydrogen-bond donors (Lipinski definition) is 2. The molecule has 10 unspecified atom stereocenters. The number of fused-ring (bicyclic) bond motifs is 2. The molecule has 1 saturated carbocycles. The summed E-state index contributed by atoms with van der Waals surface area (Å²) in [6.07, 6.45) is 12.7. The second kappa shape index (κ2) is 11.9. The van der Waals surface area contributed by atoms with Crippen LogP contribution in [0.2, 0.25) is 0 Å². The Bertz CT molecular complexity index is 1160. The van der Waals surface area contributed by atoms with E-state index >= 15 is 0 Å². The molecule has 2 aliphatic carbocycles. The first kappa shape index (κ1) is 30.8. The number of piperidine rings is 1. The fraction of sp³-hybridized carbons (Fsp3) is 0.794. The Morgan fingerprint density at radius 1 is 1.21 bits per heavy atom. The topological polar surface area (TPSA) is 125 Å². The van der Waals surface area contributed by atoms with E-state index in [2.05, 4.69) is 31.3 Å². The number of carbonyl (C=O) groups is 3. The van der Waals surface area contributed by atoms with Gasteiger partial charge in [-0.25, -0.2) is 4.79 Å².